The molecule has 4 rings (SSSR count). The first-order valence-electron chi connectivity index (χ1n) is 6.86. The molecule has 5 heteroatoms. The van der Waals surface area contributed by atoms with Crippen LogP contribution in [0.15, 0.2) is 48.7 Å². The molecule has 0 saturated carbocycles. The van der Waals surface area contributed by atoms with E-state index in [-0.39, 0.29) is 5.82 Å². The van der Waals surface area contributed by atoms with E-state index in [1.165, 1.54) is 12.1 Å². The Kier molecular flexibility index (Phi) is 2.70. The summed E-state index contributed by atoms with van der Waals surface area (Å²) >= 11 is 0. The molecule has 1 aromatic carbocycles. The fourth-order valence-electron chi connectivity index (χ4n) is 2.65. The molecule has 0 bridgehead atoms. The summed E-state index contributed by atoms with van der Waals surface area (Å²) in [5.41, 5.74) is 3.75. The Morgan fingerprint density at radius 3 is 2.71 bits per heavy atom. The normalized spacial score (nSPS) is 13.0. The van der Waals surface area contributed by atoms with Crippen molar-refractivity contribution in [1.82, 2.24) is 14.8 Å². The molecule has 3 aromatic rings. The third-order valence-electron chi connectivity index (χ3n) is 3.63. The average Bonchev–Trinajstić information content (AvgIpc) is 3.11. The largest absolute Gasteiger partial charge is 0.369 e. The standard InChI is InChI=1S/C16H13FN4/c17-11-4-6-12(7-5-11)21-16-13(8-10-19-16)15(20-21)14-3-1-2-9-18-14/h1-7,9,19H,8,10H2. The van der Waals surface area contributed by atoms with Crippen LogP contribution in [0.2, 0.25) is 0 Å². The summed E-state index contributed by atoms with van der Waals surface area (Å²) in [7, 11) is 0. The molecule has 0 aliphatic carbocycles. The molecule has 1 aliphatic rings. The van der Waals surface area contributed by atoms with Crippen LogP contribution < -0.4 is 5.32 Å². The van der Waals surface area contributed by atoms with Crippen LogP contribution in [0.3, 0.4) is 0 Å². The van der Waals surface area contributed by atoms with Crippen molar-refractivity contribution < 1.29 is 4.39 Å². The zero-order valence-electron chi connectivity index (χ0n) is 11.3. The van der Waals surface area contributed by atoms with Gasteiger partial charge in [0, 0.05) is 18.3 Å². The molecule has 0 fully saturated rings. The highest BCUT2D eigenvalue weighted by Gasteiger charge is 2.24. The van der Waals surface area contributed by atoms with Crippen LogP contribution >= 0.6 is 0 Å². The molecule has 0 saturated heterocycles. The van der Waals surface area contributed by atoms with Gasteiger partial charge >= 0.3 is 0 Å². The summed E-state index contributed by atoms with van der Waals surface area (Å²) in [5.74, 6) is 0.725. The van der Waals surface area contributed by atoms with E-state index in [0.29, 0.717) is 0 Å². The monoisotopic (exact) mass is 280 g/mol. The number of nitrogens with zero attached hydrogens (tertiary/aromatic N) is 3. The van der Waals surface area contributed by atoms with Crippen LogP contribution in [-0.2, 0) is 6.42 Å². The van der Waals surface area contributed by atoms with E-state index in [1.807, 2.05) is 22.9 Å². The van der Waals surface area contributed by atoms with Gasteiger partial charge in [0.05, 0.1) is 11.4 Å². The third kappa shape index (κ3) is 1.98. The van der Waals surface area contributed by atoms with Crippen LogP contribution in [0.1, 0.15) is 5.56 Å². The molecule has 3 heterocycles. The number of fused-ring (bicyclic) bond motifs is 1. The first-order chi connectivity index (χ1) is 10.3. The van der Waals surface area contributed by atoms with Gasteiger partial charge in [0.25, 0.3) is 0 Å². The van der Waals surface area contributed by atoms with E-state index >= 15 is 0 Å². The van der Waals surface area contributed by atoms with Gasteiger partial charge in [-0.3, -0.25) is 4.98 Å². The fourth-order valence-corrected chi connectivity index (χ4v) is 2.65. The van der Waals surface area contributed by atoms with Crippen molar-refractivity contribution in [1.29, 1.82) is 0 Å². The number of anilines is 1. The number of halogens is 1. The fraction of sp³-hybridized carbons (Fsp3) is 0.125. The lowest BCUT2D eigenvalue weighted by atomic mass is 10.1. The molecule has 0 spiro atoms. The lowest BCUT2D eigenvalue weighted by molar-refractivity contribution is 0.627. The van der Waals surface area contributed by atoms with Crippen molar-refractivity contribution in [3.05, 3.63) is 60.0 Å². The summed E-state index contributed by atoms with van der Waals surface area (Å²) in [4.78, 5) is 4.38. The number of aromatic nitrogens is 3. The second-order valence-corrected chi connectivity index (χ2v) is 4.96. The molecule has 1 aliphatic heterocycles. The van der Waals surface area contributed by atoms with Crippen molar-refractivity contribution in [2.24, 2.45) is 0 Å². The summed E-state index contributed by atoms with van der Waals surface area (Å²) < 4.78 is 14.9. The van der Waals surface area contributed by atoms with E-state index in [4.69, 9.17) is 0 Å². The predicted molar refractivity (Wildman–Crippen MR) is 78.9 cm³/mol. The second kappa shape index (κ2) is 4.70. The van der Waals surface area contributed by atoms with Crippen molar-refractivity contribution >= 4 is 5.82 Å². The maximum absolute atomic E-state index is 13.1. The Morgan fingerprint density at radius 1 is 1.10 bits per heavy atom. The summed E-state index contributed by atoms with van der Waals surface area (Å²) in [6.45, 7) is 0.883. The number of hydrogen-bond acceptors (Lipinski definition) is 3. The Hall–Kier alpha value is -2.69. The quantitative estimate of drug-likeness (QED) is 0.784. The van der Waals surface area contributed by atoms with Crippen molar-refractivity contribution in [2.75, 3.05) is 11.9 Å². The number of benzene rings is 1. The van der Waals surface area contributed by atoms with Crippen LogP contribution in [0.5, 0.6) is 0 Å². The second-order valence-electron chi connectivity index (χ2n) is 4.96. The number of nitrogens with one attached hydrogen (secondary N) is 1. The van der Waals surface area contributed by atoms with Crippen molar-refractivity contribution in [3.63, 3.8) is 0 Å². The van der Waals surface area contributed by atoms with Gasteiger partial charge in [-0.15, -0.1) is 0 Å². The SMILES string of the molecule is Fc1ccc(-n2nc(-c3ccccn3)c3c2NCC3)cc1. The summed E-state index contributed by atoms with van der Waals surface area (Å²) in [6, 6.07) is 12.1. The number of rotatable bonds is 2. The minimum Gasteiger partial charge on any atom is -0.369 e. The van der Waals surface area contributed by atoms with Gasteiger partial charge in [0.1, 0.15) is 17.3 Å². The van der Waals surface area contributed by atoms with Gasteiger partial charge in [0.2, 0.25) is 0 Å². The lowest BCUT2D eigenvalue weighted by Gasteiger charge is -2.06. The van der Waals surface area contributed by atoms with Gasteiger partial charge in [-0.1, -0.05) is 6.07 Å². The van der Waals surface area contributed by atoms with Gasteiger partial charge in [-0.2, -0.15) is 5.10 Å². The summed E-state index contributed by atoms with van der Waals surface area (Å²) in [6.07, 6.45) is 2.68. The van der Waals surface area contributed by atoms with Crippen LogP contribution in [-0.4, -0.2) is 21.3 Å². The maximum atomic E-state index is 13.1. The van der Waals surface area contributed by atoms with Crippen LogP contribution in [0.4, 0.5) is 10.2 Å². The lowest BCUT2D eigenvalue weighted by Crippen LogP contribution is -2.04. The summed E-state index contributed by atoms with van der Waals surface area (Å²) in [5, 5.41) is 8.02. The molecule has 0 atom stereocenters. The minimum atomic E-state index is -0.250. The Balaban J connectivity index is 1.88. The molecule has 104 valence electrons. The minimum absolute atomic E-state index is 0.250. The molecule has 2 aromatic heterocycles. The van der Waals surface area contributed by atoms with E-state index in [9.17, 15) is 4.39 Å². The van der Waals surface area contributed by atoms with E-state index in [2.05, 4.69) is 15.4 Å². The number of pyridine rings is 1. The highest BCUT2D eigenvalue weighted by atomic mass is 19.1. The molecule has 0 unspecified atom stereocenters. The topological polar surface area (TPSA) is 42.7 Å². The van der Waals surface area contributed by atoms with E-state index in [1.54, 1.807) is 18.3 Å². The molecule has 4 nitrogen and oxygen atoms in total. The maximum Gasteiger partial charge on any atom is 0.133 e. The number of hydrogen-bond donors (Lipinski definition) is 1. The van der Waals surface area contributed by atoms with Gasteiger partial charge in [0.15, 0.2) is 0 Å². The Bertz CT molecular complexity index is 778. The van der Waals surface area contributed by atoms with Gasteiger partial charge < -0.3 is 5.32 Å². The van der Waals surface area contributed by atoms with Crippen LogP contribution in [0.25, 0.3) is 17.1 Å². The Labute approximate surface area is 121 Å². The van der Waals surface area contributed by atoms with E-state index in [0.717, 1.165) is 41.4 Å². The first kappa shape index (κ1) is 12.1. The van der Waals surface area contributed by atoms with Crippen LogP contribution in [0, 0.1) is 5.82 Å². The van der Waals surface area contributed by atoms with Crippen molar-refractivity contribution in [3.8, 4) is 17.1 Å². The zero-order chi connectivity index (χ0) is 14.2. The zero-order valence-corrected chi connectivity index (χ0v) is 11.3. The highest BCUT2D eigenvalue weighted by molar-refractivity contribution is 5.70. The van der Waals surface area contributed by atoms with Gasteiger partial charge in [-0.25, -0.2) is 9.07 Å². The van der Waals surface area contributed by atoms with Crippen molar-refractivity contribution in [2.45, 2.75) is 6.42 Å². The first-order valence-corrected chi connectivity index (χ1v) is 6.86. The Morgan fingerprint density at radius 2 is 1.95 bits per heavy atom. The molecule has 0 amide bonds. The molecule has 1 N–H and O–H groups in total. The van der Waals surface area contributed by atoms with Gasteiger partial charge in [-0.05, 0) is 42.8 Å². The molecule has 0 radical (unpaired) electrons. The third-order valence-corrected chi connectivity index (χ3v) is 3.63. The van der Waals surface area contributed by atoms with E-state index < -0.39 is 0 Å². The molecular formula is C16H13FN4. The predicted octanol–water partition coefficient (Wildman–Crippen LogP) is 3.04. The molecule has 21 heavy (non-hydrogen) atoms. The average molecular weight is 280 g/mol. The molecular weight excluding hydrogens is 267 g/mol. The smallest absolute Gasteiger partial charge is 0.133 e. The highest BCUT2D eigenvalue weighted by Crippen LogP contribution is 2.33.